The standard InChI is InChI=1S/C24H35N3O2S/c1-3-26-10-12-27(13-11-26)18-22(28)19-29-23-8-4-6-20(14-23)16-25-17-21-7-5-9-24(15-21)30-2/h4-9,14-15,22,25,28H,3,10-13,16-19H2,1-2H3/t22-/m1/s1. The van der Waals surface area contributed by atoms with E-state index in [2.05, 4.69) is 64.7 Å². The summed E-state index contributed by atoms with van der Waals surface area (Å²) < 4.78 is 5.87. The highest BCUT2D eigenvalue weighted by Gasteiger charge is 2.18. The van der Waals surface area contributed by atoms with Crippen molar-refractivity contribution in [1.82, 2.24) is 15.1 Å². The van der Waals surface area contributed by atoms with E-state index < -0.39 is 6.10 Å². The van der Waals surface area contributed by atoms with Gasteiger partial charge in [0.05, 0.1) is 0 Å². The topological polar surface area (TPSA) is 48.0 Å². The van der Waals surface area contributed by atoms with Crippen LogP contribution in [-0.2, 0) is 13.1 Å². The number of thioether (sulfide) groups is 1. The van der Waals surface area contributed by atoms with Crippen molar-refractivity contribution in [1.29, 1.82) is 0 Å². The number of hydrogen-bond donors (Lipinski definition) is 2. The molecular weight excluding hydrogens is 394 g/mol. The fourth-order valence-electron chi connectivity index (χ4n) is 3.71. The van der Waals surface area contributed by atoms with Gasteiger partial charge in [0.25, 0.3) is 0 Å². The number of β-amino-alcohol motifs (C(OH)–C–C–N with tert-alkyl or cyclic N) is 1. The Bertz CT molecular complexity index is 766. The Morgan fingerprint density at radius 2 is 1.67 bits per heavy atom. The molecule has 1 saturated heterocycles. The number of hydrogen-bond acceptors (Lipinski definition) is 6. The smallest absolute Gasteiger partial charge is 0.119 e. The summed E-state index contributed by atoms with van der Waals surface area (Å²) in [6.07, 6.45) is 1.63. The maximum atomic E-state index is 10.4. The molecule has 0 aromatic heterocycles. The monoisotopic (exact) mass is 429 g/mol. The Labute approximate surface area is 185 Å². The summed E-state index contributed by atoms with van der Waals surface area (Å²) in [7, 11) is 0. The minimum absolute atomic E-state index is 0.326. The van der Waals surface area contributed by atoms with Crippen molar-refractivity contribution in [3.05, 3.63) is 59.7 Å². The molecule has 6 heteroatoms. The Morgan fingerprint density at radius 3 is 2.37 bits per heavy atom. The normalized spacial score (nSPS) is 16.5. The van der Waals surface area contributed by atoms with Gasteiger partial charge in [-0.25, -0.2) is 0 Å². The molecule has 2 aromatic carbocycles. The molecule has 0 spiro atoms. The van der Waals surface area contributed by atoms with Gasteiger partial charge in [-0.1, -0.05) is 31.2 Å². The van der Waals surface area contributed by atoms with Gasteiger partial charge in [0.15, 0.2) is 0 Å². The van der Waals surface area contributed by atoms with E-state index in [1.807, 2.05) is 12.1 Å². The van der Waals surface area contributed by atoms with E-state index in [1.54, 1.807) is 11.8 Å². The van der Waals surface area contributed by atoms with Crippen molar-refractivity contribution < 1.29 is 9.84 Å². The number of ether oxygens (including phenoxy) is 1. The molecular formula is C24H35N3O2S. The van der Waals surface area contributed by atoms with Gasteiger partial charge in [-0.05, 0) is 48.2 Å². The van der Waals surface area contributed by atoms with Gasteiger partial charge in [-0.2, -0.15) is 0 Å². The van der Waals surface area contributed by atoms with E-state index in [-0.39, 0.29) is 0 Å². The molecule has 1 fully saturated rings. The summed E-state index contributed by atoms with van der Waals surface area (Å²) >= 11 is 1.76. The lowest BCUT2D eigenvalue weighted by Crippen LogP contribution is -2.49. The van der Waals surface area contributed by atoms with Gasteiger partial charge in [0.2, 0.25) is 0 Å². The van der Waals surface area contributed by atoms with Gasteiger partial charge in [0, 0.05) is 50.7 Å². The van der Waals surface area contributed by atoms with Crippen molar-refractivity contribution in [2.24, 2.45) is 0 Å². The summed E-state index contributed by atoms with van der Waals surface area (Å²) in [6.45, 7) is 10.1. The largest absolute Gasteiger partial charge is 0.491 e. The summed E-state index contributed by atoms with van der Waals surface area (Å²) in [5.41, 5.74) is 2.47. The highest BCUT2D eigenvalue weighted by Crippen LogP contribution is 2.17. The zero-order valence-corrected chi connectivity index (χ0v) is 19.0. The number of benzene rings is 2. The summed E-state index contributed by atoms with van der Waals surface area (Å²) in [6, 6.07) is 16.7. The molecule has 2 aromatic rings. The molecule has 0 saturated carbocycles. The number of piperazine rings is 1. The van der Waals surface area contributed by atoms with E-state index in [1.165, 1.54) is 16.0 Å². The van der Waals surface area contributed by atoms with Crippen LogP contribution >= 0.6 is 11.8 Å². The summed E-state index contributed by atoms with van der Waals surface area (Å²) in [5.74, 6) is 0.813. The first-order valence-electron chi connectivity index (χ1n) is 10.8. The molecule has 0 aliphatic carbocycles. The third-order valence-corrected chi connectivity index (χ3v) is 6.24. The molecule has 0 radical (unpaired) electrons. The van der Waals surface area contributed by atoms with Crippen molar-refractivity contribution in [2.75, 3.05) is 52.1 Å². The van der Waals surface area contributed by atoms with Gasteiger partial charge in [0.1, 0.15) is 18.5 Å². The van der Waals surface area contributed by atoms with E-state index in [0.29, 0.717) is 13.2 Å². The van der Waals surface area contributed by atoms with E-state index >= 15 is 0 Å². The second-order valence-corrected chi connectivity index (χ2v) is 8.68. The van der Waals surface area contributed by atoms with Gasteiger partial charge < -0.3 is 20.1 Å². The zero-order chi connectivity index (χ0) is 21.2. The van der Waals surface area contributed by atoms with Crippen molar-refractivity contribution in [3.8, 4) is 5.75 Å². The average molecular weight is 430 g/mol. The Balaban J connectivity index is 1.39. The first-order valence-corrected chi connectivity index (χ1v) is 12.1. The highest BCUT2D eigenvalue weighted by atomic mass is 32.2. The maximum Gasteiger partial charge on any atom is 0.119 e. The van der Waals surface area contributed by atoms with Crippen LogP contribution < -0.4 is 10.1 Å². The zero-order valence-electron chi connectivity index (χ0n) is 18.2. The van der Waals surface area contributed by atoms with Gasteiger partial charge in [-0.3, -0.25) is 4.90 Å². The Hall–Kier alpha value is -1.57. The fourth-order valence-corrected chi connectivity index (χ4v) is 4.19. The molecule has 0 unspecified atom stereocenters. The van der Waals surface area contributed by atoms with Crippen LogP contribution in [0.4, 0.5) is 0 Å². The van der Waals surface area contributed by atoms with Crippen LogP contribution in [0.15, 0.2) is 53.4 Å². The van der Waals surface area contributed by atoms with Crippen molar-refractivity contribution in [3.63, 3.8) is 0 Å². The molecule has 5 nitrogen and oxygen atoms in total. The molecule has 1 atom stereocenters. The quantitative estimate of drug-likeness (QED) is 0.536. The van der Waals surface area contributed by atoms with E-state index in [4.69, 9.17) is 4.74 Å². The molecule has 1 aliphatic heterocycles. The minimum atomic E-state index is -0.469. The van der Waals surface area contributed by atoms with Crippen LogP contribution in [0.3, 0.4) is 0 Å². The summed E-state index contributed by atoms with van der Waals surface area (Å²) in [5, 5.41) is 13.9. The number of likely N-dealkylation sites (N-methyl/N-ethyl adjacent to an activating group) is 1. The van der Waals surface area contributed by atoms with Crippen LogP contribution in [0.1, 0.15) is 18.1 Å². The number of nitrogens with one attached hydrogen (secondary N) is 1. The second-order valence-electron chi connectivity index (χ2n) is 7.80. The van der Waals surface area contributed by atoms with Crippen molar-refractivity contribution in [2.45, 2.75) is 31.0 Å². The first kappa shape index (κ1) is 23.1. The van der Waals surface area contributed by atoms with Gasteiger partial charge in [-0.15, -0.1) is 11.8 Å². The Morgan fingerprint density at radius 1 is 1.00 bits per heavy atom. The second kappa shape index (κ2) is 12.3. The number of aliphatic hydroxyl groups excluding tert-OH is 1. The van der Waals surface area contributed by atoms with Crippen LogP contribution in [0.25, 0.3) is 0 Å². The van der Waals surface area contributed by atoms with Crippen LogP contribution in [0, 0.1) is 0 Å². The molecule has 30 heavy (non-hydrogen) atoms. The Kier molecular flexibility index (Phi) is 9.49. The molecule has 0 amide bonds. The minimum Gasteiger partial charge on any atom is -0.491 e. The SMILES string of the molecule is CCN1CCN(C[C@@H](O)COc2cccc(CNCc3cccc(SC)c3)c2)CC1. The van der Waals surface area contributed by atoms with Crippen LogP contribution in [0.5, 0.6) is 5.75 Å². The molecule has 164 valence electrons. The highest BCUT2D eigenvalue weighted by molar-refractivity contribution is 7.98. The molecule has 3 rings (SSSR count). The predicted octanol–water partition coefficient (Wildman–Crippen LogP) is 3.08. The fraction of sp³-hybridized carbons (Fsp3) is 0.500. The lowest BCUT2D eigenvalue weighted by Gasteiger charge is -2.34. The van der Waals surface area contributed by atoms with Gasteiger partial charge >= 0.3 is 0 Å². The average Bonchev–Trinajstić information content (AvgIpc) is 2.79. The lowest BCUT2D eigenvalue weighted by atomic mass is 10.2. The van der Waals surface area contributed by atoms with Crippen LogP contribution in [-0.4, -0.2) is 73.1 Å². The van der Waals surface area contributed by atoms with Crippen LogP contribution in [0.2, 0.25) is 0 Å². The first-order chi connectivity index (χ1) is 14.7. The predicted molar refractivity (Wildman–Crippen MR) is 125 cm³/mol. The number of rotatable bonds is 11. The number of nitrogens with zero attached hydrogens (tertiary/aromatic N) is 2. The maximum absolute atomic E-state index is 10.4. The third-order valence-electron chi connectivity index (χ3n) is 5.51. The molecule has 2 N–H and O–H groups in total. The number of aliphatic hydroxyl groups is 1. The molecule has 0 bridgehead atoms. The summed E-state index contributed by atoms with van der Waals surface area (Å²) in [4.78, 5) is 6.06. The van der Waals surface area contributed by atoms with E-state index in [9.17, 15) is 5.11 Å². The van der Waals surface area contributed by atoms with Crippen molar-refractivity contribution >= 4 is 11.8 Å². The molecule has 1 aliphatic rings. The molecule has 1 heterocycles. The van der Waals surface area contributed by atoms with E-state index in [0.717, 1.165) is 51.6 Å². The lowest BCUT2D eigenvalue weighted by molar-refractivity contribution is 0.0471. The third kappa shape index (κ3) is 7.60.